The lowest BCUT2D eigenvalue weighted by molar-refractivity contribution is -0.192. The first-order valence-electron chi connectivity index (χ1n) is 12.3. The van der Waals surface area contributed by atoms with Crippen LogP contribution in [0.15, 0.2) is 29.1 Å². The Morgan fingerprint density at radius 3 is 2.28 bits per heavy atom. The maximum absolute atomic E-state index is 11.9. The normalized spacial score (nSPS) is 24.6. The number of ether oxygens (including phenoxy) is 1. The van der Waals surface area contributed by atoms with Crippen molar-refractivity contribution in [3.05, 3.63) is 51.2 Å². The summed E-state index contributed by atoms with van der Waals surface area (Å²) in [5.74, 6) is -1.69. The van der Waals surface area contributed by atoms with Crippen molar-refractivity contribution in [2.24, 2.45) is 7.05 Å². The Morgan fingerprint density at radius 1 is 1.21 bits per heavy atom. The maximum atomic E-state index is 11.9. The molecule has 2 heterocycles. The van der Waals surface area contributed by atoms with Crippen LogP contribution in [-0.4, -0.2) is 88.7 Å². The molecule has 1 saturated heterocycles. The van der Waals surface area contributed by atoms with Gasteiger partial charge in [0.1, 0.15) is 15.7 Å². The van der Waals surface area contributed by atoms with Crippen molar-refractivity contribution in [3.63, 3.8) is 0 Å². The van der Waals surface area contributed by atoms with Gasteiger partial charge in [-0.1, -0.05) is 23.7 Å². The predicted octanol–water partition coefficient (Wildman–Crippen LogP) is 2.78. The minimum absolute atomic E-state index is 0.0433. The molecule has 1 aromatic carbocycles. The topological polar surface area (TPSA) is 135 Å². The number of carboxylic acids is 1. The summed E-state index contributed by atoms with van der Waals surface area (Å²) in [7, 11) is -1.46. The van der Waals surface area contributed by atoms with Crippen molar-refractivity contribution in [1.82, 2.24) is 19.7 Å². The number of aliphatic carboxylic acids is 1. The summed E-state index contributed by atoms with van der Waals surface area (Å²) in [5.41, 5.74) is 1.01. The van der Waals surface area contributed by atoms with Gasteiger partial charge >= 0.3 is 17.8 Å². The van der Waals surface area contributed by atoms with Gasteiger partial charge in [0.15, 0.2) is 0 Å². The zero-order valence-corrected chi connectivity index (χ0v) is 23.1. The molecule has 0 amide bonds. The van der Waals surface area contributed by atoms with E-state index in [1.807, 2.05) is 24.3 Å². The first-order chi connectivity index (χ1) is 18.1. The van der Waals surface area contributed by atoms with Gasteiger partial charge in [0.25, 0.3) is 0 Å². The molecule has 1 saturated carbocycles. The summed E-state index contributed by atoms with van der Waals surface area (Å²) in [4.78, 5) is 26.0. The second kappa shape index (κ2) is 12.8. The third-order valence-corrected chi connectivity index (χ3v) is 8.09. The molecule has 1 aliphatic carbocycles. The van der Waals surface area contributed by atoms with Crippen molar-refractivity contribution in [2.75, 3.05) is 25.2 Å². The van der Waals surface area contributed by atoms with Gasteiger partial charge in [0, 0.05) is 42.9 Å². The molecule has 218 valence electrons. The number of nitrogens with one attached hydrogen (secondary N) is 1. The number of aromatic amines is 1. The van der Waals surface area contributed by atoms with E-state index in [9.17, 15) is 26.4 Å². The third-order valence-electron chi connectivity index (χ3n) is 6.86. The van der Waals surface area contributed by atoms with Crippen LogP contribution in [0.25, 0.3) is 0 Å². The minimum atomic E-state index is -5.08. The van der Waals surface area contributed by atoms with Crippen LogP contribution in [0.2, 0.25) is 5.02 Å². The highest BCUT2D eigenvalue weighted by molar-refractivity contribution is 7.90. The molecule has 0 unspecified atom stereocenters. The van der Waals surface area contributed by atoms with Crippen LogP contribution >= 0.6 is 11.6 Å². The molecular formula is C24H32ClF3N4O6S. The Morgan fingerprint density at radius 2 is 1.79 bits per heavy atom. The fourth-order valence-corrected chi connectivity index (χ4v) is 6.02. The van der Waals surface area contributed by atoms with Crippen molar-refractivity contribution < 1.29 is 36.2 Å². The number of carboxylic acid groups (broad SMARTS) is 1. The van der Waals surface area contributed by atoms with Gasteiger partial charge in [-0.25, -0.2) is 22.7 Å². The number of sulfone groups is 1. The number of hydrogen-bond donors (Lipinski definition) is 2. The molecule has 10 nitrogen and oxygen atoms in total. The van der Waals surface area contributed by atoms with Crippen LogP contribution in [0.1, 0.15) is 43.0 Å². The molecule has 2 fully saturated rings. The molecule has 2 N–H and O–H groups in total. The van der Waals surface area contributed by atoms with Gasteiger partial charge in [-0.05, 0) is 49.8 Å². The SMILES string of the molecule is Cn1nc(C2CCC(N3C[C@H](CS(C)(=O)=O)OC[C@@H]3Cc3ccc(Cl)cc3)CC2)[nH]c1=O.O=C(O)C(F)(F)F. The molecule has 1 aliphatic heterocycles. The number of morpholine rings is 1. The average Bonchev–Trinajstić information content (AvgIpc) is 3.18. The van der Waals surface area contributed by atoms with Gasteiger partial charge in [0.05, 0.1) is 18.5 Å². The molecule has 39 heavy (non-hydrogen) atoms. The molecule has 0 radical (unpaired) electrons. The second-order valence-corrected chi connectivity index (χ2v) is 12.6. The van der Waals surface area contributed by atoms with Crippen LogP contribution in [0, 0.1) is 0 Å². The average molecular weight is 597 g/mol. The monoisotopic (exact) mass is 596 g/mol. The van der Waals surface area contributed by atoms with Crippen molar-refractivity contribution in [1.29, 1.82) is 0 Å². The standard InChI is InChI=1S/C22H31ClN4O4S.C2HF3O2/c1-26-22(28)24-21(25-26)16-5-9-18(10-6-16)27-12-20(14-32(2,29)30)31-13-19(27)11-15-3-7-17(23)8-4-15;3-2(4,5)1(6)7/h3-4,7-8,16,18-20H,5-6,9-14H2,1-2H3,(H,24,25,28);(H,6,7)/t16?,18?,19-,20+;/m0./s1. The lowest BCUT2D eigenvalue weighted by Crippen LogP contribution is -2.56. The summed E-state index contributed by atoms with van der Waals surface area (Å²) in [6.45, 7) is 1.12. The van der Waals surface area contributed by atoms with Crippen LogP contribution in [0.3, 0.4) is 0 Å². The Hall–Kier alpha value is -2.42. The number of nitrogens with zero attached hydrogens (tertiary/aromatic N) is 3. The Bertz CT molecular complexity index is 1270. The first-order valence-corrected chi connectivity index (χ1v) is 14.8. The van der Waals surface area contributed by atoms with Gasteiger partial charge in [-0.15, -0.1) is 0 Å². The summed E-state index contributed by atoms with van der Waals surface area (Å²) < 4.78 is 62.8. The molecule has 0 bridgehead atoms. The highest BCUT2D eigenvalue weighted by Crippen LogP contribution is 2.35. The van der Waals surface area contributed by atoms with Gasteiger partial charge in [-0.3, -0.25) is 9.88 Å². The number of benzene rings is 1. The number of carbonyl (C=O) groups is 1. The Labute approximate surface area is 229 Å². The van der Waals surface area contributed by atoms with E-state index >= 15 is 0 Å². The highest BCUT2D eigenvalue weighted by Gasteiger charge is 2.38. The van der Waals surface area contributed by atoms with E-state index in [-0.39, 0.29) is 29.5 Å². The van der Waals surface area contributed by atoms with E-state index < -0.39 is 22.0 Å². The molecule has 2 aliphatic rings. The zero-order valence-electron chi connectivity index (χ0n) is 21.5. The maximum Gasteiger partial charge on any atom is 0.490 e. The molecular weight excluding hydrogens is 565 g/mol. The van der Waals surface area contributed by atoms with Crippen LogP contribution in [0.4, 0.5) is 13.2 Å². The fraction of sp³-hybridized carbons (Fsp3) is 0.625. The second-order valence-electron chi connectivity index (χ2n) is 9.98. The predicted molar refractivity (Wildman–Crippen MR) is 138 cm³/mol. The molecule has 2 atom stereocenters. The van der Waals surface area contributed by atoms with Gasteiger partial charge in [-0.2, -0.15) is 18.3 Å². The largest absolute Gasteiger partial charge is 0.490 e. The van der Waals surface area contributed by atoms with Crippen LogP contribution < -0.4 is 5.69 Å². The molecule has 4 rings (SSSR count). The molecule has 2 aromatic rings. The van der Waals surface area contributed by atoms with E-state index in [0.29, 0.717) is 24.2 Å². The van der Waals surface area contributed by atoms with Crippen molar-refractivity contribution in [3.8, 4) is 0 Å². The van der Waals surface area contributed by atoms with E-state index in [2.05, 4.69) is 15.0 Å². The van der Waals surface area contributed by atoms with Gasteiger partial charge < -0.3 is 9.84 Å². The smallest absolute Gasteiger partial charge is 0.475 e. The number of aromatic nitrogens is 3. The van der Waals surface area contributed by atoms with E-state index in [1.54, 1.807) is 7.05 Å². The molecule has 0 spiro atoms. The summed E-state index contributed by atoms with van der Waals surface area (Å²) >= 11 is 6.04. The third kappa shape index (κ3) is 9.33. The van der Waals surface area contributed by atoms with Gasteiger partial charge in [0.2, 0.25) is 0 Å². The number of hydrogen-bond acceptors (Lipinski definition) is 7. The van der Waals surface area contributed by atoms with Crippen molar-refractivity contribution in [2.45, 2.75) is 62.4 Å². The highest BCUT2D eigenvalue weighted by atomic mass is 35.5. The number of H-pyrrole nitrogens is 1. The number of aryl methyl sites for hydroxylation is 1. The van der Waals surface area contributed by atoms with Crippen molar-refractivity contribution >= 4 is 27.4 Å². The van der Waals surface area contributed by atoms with E-state index in [0.717, 1.165) is 37.9 Å². The quantitative estimate of drug-likeness (QED) is 0.520. The molecule has 1 aromatic heterocycles. The lowest BCUT2D eigenvalue weighted by Gasteiger charge is -2.46. The van der Waals surface area contributed by atoms with E-state index in [1.165, 1.54) is 16.5 Å². The number of halogens is 4. The minimum Gasteiger partial charge on any atom is -0.475 e. The first kappa shape index (κ1) is 31.1. The van der Waals surface area contributed by atoms with Crippen LogP contribution in [-0.2, 0) is 32.8 Å². The Kier molecular flexibility index (Phi) is 10.2. The van der Waals surface area contributed by atoms with Crippen LogP contribution in [0.5, 0.6) is 0 Å². The summed E-state index contributed by atoms with van der Waals surface area (Å²) in [5, 5.41) is 12.2. The summed E-state index contributed by atoms with van der Waals surface area (Å²) in [6.07, 6.45) is 0.545. The lowest BCUT2D eigenvalue weighted by atomic mass is 9.83. The number of alkyl halides is 3. The zero-order chi connectivity index (χ0) is 29.0. The summed E-state index contributed by atoms with van der Waals surface area (Å²) in [6, 6.07) is 8.41. The fourth-order valence-electron chi connectivity index (χ4n) is 5.02. The Balaban J connectivity index is 0.000000532. The van der Waals surface area contributed by atoms with E-state index in [4.69, 9.17) is 26.2 Å². The number of rotatable bonds is 6. The molecule has 15 heteroatoms.